The lowest BCUT2D eigenvalue weighted by molar-refractivity contribution is 0.230. The van der Waals surface area contributed by atoms with Gasteiger partial charge in [0.05, 0.1) is 6.61 Å². The van der Waals surface area contributed by atoms with Gasteiger partial charge in [-0.25, -0.2) is 0 Å². The maximum absolute atomic E-state index is 9.17. The molecule has 0 bridgehead atoms. The van der Waals surface area contributed by atoms with Gasteiger partial charge in [-0.05, 0) is 55.0 Å². The topological polar surface area (TPSA) is 55.5 Å². The minimum absolute atomic E-state index is 0.133. The summed E-state index contributed by atoms with van der Waals surface area (Å²) in [5.41, 5.74) is 8.13. The molecule has 0 aliphatic rings. The smallest absolute Gasteiger partial charge is 0.119 e. The summed E-state index contributed by atoms with van der Waals surface area (Å²) in [4.78, 5) is 0. The van der Waals surface area contributed by atoms with Crippen LogP contribution in [0, 0.1) is 5.92 Å². The average molecular weight is 299 g/mol. The Kier molecular flexibility index (Phi) is 6.94. The zero-order chi connectivity index (χ0) is 15.6. The van der Waals surface area contributed by atoms with Crippen molar-refractivity contribution in [2.75, 3.05) is 19.8 Å². The standard InChI is InChI=1S/C19H25NO2/c20-14-18(15-21)13-17-8-10-19(11-9-17)22-12-4-7-16-5-2-1-3-6-16/h1-3,5-6,8-11,18,21H,4,7,12-15,20H2. The van der Waals surface area contributed by atoms with Crippen LogP contribution in [0.3, 0.4) is 0 Å². The van der Waals surface area contributed by atoms with E-state index in [-0.39, 0.29) is 12.5 Å². The lowest BCUT2D eigenvalue weighted by atomic mass is 10.0. The van der Waals surface area contributed by atoms with Crippen LogP contribution in [-0.2, 0) is 12.8 Å². The Balaban J connectivity index is 1.72. The second kappa shape index (κ2) is 9.23. The molecule has 0 aromatic heterocycles. The van der Waals surface area contributed by atoms with Crippen LogP contribution in [0.15, 0.2) is 54.6 Å². The molecule has 3 N–H and O–H groups in total. The first-order valence-corrected chi connectivity index (χ1v) is 7.88. The van der Waals surface area contributed by atoms with Gasteiger partial charge in [0.2, 0.25) is 0 Å². The van der Waals surface area contributed by atoms with Crippen molar-refractivity contribution in [2.45, 2.75) is 19.3 Å². The number of hydrogen-bond acceptors (Lipinski definition) is 3. The Morgan fingerprint density at radius 2 is 1.68 bits per heavy atom. The summed E-state index contributed by atoms with van der Waals surface area (Å²) < 4.78 is 5.77. The lowest BCUT2D eigenvalue weighted by Gasteiger charge is -2.12. The van der Waals surface area contributed by atoms with Crippen LogP contribution >= 0.6 is 0 Å². The first-order chi connectivity index (χ1) is 10.8. The van der Waals surface area contributed by atoms with Crippen LogP contribution in [0.1, 0.15) is 17.5 Å². The minimum Gasteiger partial charge on any atom is -0.494 e. The first-order valence-electron chi connectivity index (χ1n) is 7.88. The molecular weight excluding hydrogens is 274 g/mol. The highest BCUT2D eigenvalue weighted by Crippen LogP contribution is 2.15. The Bertz CT molecular complexity index is 521. The second-order valence-corrected chi connectivity index (χ2v) is 5.57. The van der Waals surface area contributed by atoms with Crippen LogP contribution in [0.5, 0.6) is 5.75 Å². The van der Waals surface area contributed by atoms with Crippen LogP contribution in [0.25, 0.3) is 0 Å². The highest BCUT2D eigenvalue weighted by molar-refractivity contribution is 5.27. The van der Waals surface area contributed by atoms with Gasteiger partial charge in [0, 0.05) is 6.61 Å². The number of nitrogens with two attached hydrogens (primary N) is 1. The number of aliphatic hydroxyl groups is 1. The van der Waals surface area contributed by atoms with Gasteiger partial charge in [0.25, 0.3) is 0 Å². The molecule has 3 heteroatoms. The maximum Gasteiger partial charge on any atom is 0.119 e. The molecule has 0 saturated carbocycles. The maximum atomic E-state index is 9.17. The van der Waals surface area contributed by atoms with E-state index in [1.165, 1.54) is 11.1 Å². The largest absolute Gasteiger partial charge is 0.494 e. The third-order valence-electron chi connectivity index (χ3n) is 3.76. The van der Waals surface area contributed by atoms with E-state index in [9.17, 15) is 5.11 Å². The third-order valence-corrected chi connectivity index (χ3v) is 3.76. The summed E-state index contributed by atoms with van der Waals surface area (Å²) in [5, 5.41) is 9.17. The van der Waals surface area contributed by atoms with E-state index in [1.54, 1.807) is 0 Å². The number of benzene rings is 2. The molecule has 0 saturated heterocycles. The van der Waals surface area contributed by atoms with Crippen molar-refractivity contribution < 1.29 is 9.84 Å². The van der Waals surface area contributed by atoms with E-state index in [0.717, 1.165) is 31.6 Å². The highest BCUT2D eigenvalue weighted by atomic mass is 16.5. The summed E-state index contributed by atoms with van der Waals surface area (Å²) in [7, 11) is 0. The number of aryl methyl sites for hydroxylation is 1. The molecule has 3 nitrogen and oxygen atoms in total. The molecule has 2 aromatic rings. The Morgan fingerprint density at radius 3 is 2.32 bits per heavy atom. The van der Waals surface area contributed by atoms with E-state index < -0.39 is 0 Å². The molecule has 0 heterocycles. The Labute approximate surface area is 132 Å². The summed E-state index contributed by atoms with van der Waals surface area (Å²) in [6.45, 7) is 1.36. The molecule has 22 heavy (non-hydrogen) atoms. The summed E-state index contributed by atoms with van der Waals surface area (Å²) in [5.74, 6) is 1.03. The number of rotatable bonds is 9. The molecule has 0 amide bonds. The van der Waals surface area contributed by atoms with Gasteiger partial charge in [0.1, 0.15) is 5.75 Å². The quantitative estimate of drug-likeness (QED) is 0.700. The van der Waals surface area contributed by atoms with Crippen LogP contribution in [0.2, 0.25) is 0 Å². The average Bonchev–Trinajstić information content (AvgIpc) is 2.58. The van der Waals surface area contributed by atoms with Gasteiger partial charge in [-0.15, -0.1) is 0 Å². The van der Waals surface area contributed by atoms with Gasteiger partial charge >= 0.3 is 0 Å². The van der Waals surface area contributed by atoms with Gasteiger partial charge in [0.15, 0.2) is 0 Å². The van der Waals surface area contributed by atoms with Gasteiger partial charge < -0.3 is 15.6 Å². The number of hydrogen-bond donors (Lipinski definition) is 2. The van der Waals surface area contributed by atoms with Crippen LogP contribution in [-0.4, -0.2) is 24.9 Å². The highest BCUT2D eigenvalue weighted by Gasteiger charge is 2.06. The predicted molar refractivity (Wildman–Crippen MR) is 90.0 cm³/mol. The molecule has 2 aromatic carbocycles. The Hall–Kier alpha value is -1.84. The molecule has 0 spiro atoms. The molecule has 0 radical (unpaired) electrons. The van der Waals surface area contributed by atoms with Crippen molar-refractivity contribution in [2.24, 2.45) is 11.7 Å². The van der Waals surface area contributed by atoms with Gasteiger partial charge in [-0.3, -0.25) is 0 Å². The molecular formula is C19H25NO2. The van der Waals surface area contributed by atoms with Gasteiger partial charge in [-0.2, -0.15) is 0 Å². The summed E-state index contributed by atoms with van der Waals surface area (Å²) in [6.07, 6.45) is 2.85. The monoisotopic (exact) mass is 299 g/mol. The fraction of sp³-hybridized carbons (Fsp3) is 0.368. The van der Waals surface area contributed by atoms with E-state index in [0.29, 0.717) is 6.54 Å². The zero-order valence-corrected chi connectivity index (χ0v) is 12.9. The van der Waals surface area contributed by atoms with Crippen molar-refractivity contribution in [3.05, 3.63) is 65.7 Å². The van der Waals surface area contributed by atoms with E-state index in [4.69, 9.17) is 10.5 Å². The molecule has 1 unspecified atom stereocenters. The van der Waals surface area contributed by atoms with E-state index >= 15 is 0 Å². The number of ether oxygens (including phenoxy) is 1. The predicted octanol–water partition coefficient (Wildman–Crippen LogP) is 2.81. The second-order valence-electron chi connectivity index (χ2n) is 5.57. The molecule has 2 rings (SSSR count). The van der Waals surface area contributed by atoms with E-state index in [2.05, 4.69) is 24.3 Å². The van der Waals surface area contributed by atoms with Crippen molar-refractivity contribution in [1.29, 1.82) is 0 Å². The van der Waals surface area contributed by atoms with Crippen molar-refractivity contribution >= 4 is 0 Å². The first kappa shape index (κ1) is 16.5. The van der Waals surface area contributed by atoms with Crippen molar-refractivity contribution in [3.8, 4) is 5.75 Å². The lowest BCUT2D eigenvalue weighted by Crippen LogP contribution is -2.20. The minimum atomic E-state index is 0.133. The Morgan fingerprint density at radius 1 is 0.955 bits per heavy atom. The van der Waals surface area contributed by atoms with Gasteiger partial charge in [-0.1, -0.05) is 42.5 Å². The van der Waals surface area contributed by atoms with Crippen LogP contribution in [0.4, 0.5) is 0 Å². The SMILES string of the molecule is NCC(CO)Cc1ccc(OCCCc2ccccc2)cc1. The number of aliphatic hydroxyl groups excluding tert-OH is 1. The third kappa shape index (κ3) is 5.51. The van der Waals surface area contributed by atoms with Crippen molar-refractivity contribution in [1.82, 2.24) is 0 Å². The molecule has 0 fully saturated rings. The fourth-order valence-electron chi connectivity index (χ4n) is 2.39. The summed E-state index contributed by atoms with van der Waals surface area (Å²) >= 11 is 0. The zero-order valence-electron chi connectivity index (χ0n) is 12.9. The fourth-order valence-corrected chi connectivity index (χ4v) is 2.39. The molecule has 0 aliphatic carbocycles. The summed E-state index contributed by atoms with van der Waals surface area (Å²) in [6, 6.07) is 18.5. The van der Waals surface area contributed by atoms with Crippen LogP contribution < -0.4 is 10.5 Å². The van der Waals surface area contributed by atoms with E-state index in [1.807, 2.05) is 30.3 Å². The normalized spacial score (nSPS) is 12.1. The molecule has 0 aliphatic heterocycles. The van der Waals surface area contributed by atoms with Crippen molar-refractivity contribution in [3.63, 3.8) is 0 Å². The molecule has 118 valence electrons. The molecule has 1 atom stereocenters.